The van der Waals surface area contributed by atoms with Gasteiger partial charge < -0.3 is 19.9 Å². The Morgan fingerprint density at radius 1 is 1.29 bits per heavy atom. The van der Waals surface area contributed by atoms with Gasteiger partial charge in [0.15, 0.2) is 11.4 Å². The van der Waals surface area contributed by atoms with Crippen LogP contribution in [-0.2, 0) is 4.79 Å². The van der Waals surface area contributed by atoms with E-state index in [0.29, 0.717) is 29.8 Å². The Balaban J connectivity index is 1.45. The van der Waals surface area contributed by atoms with Crippen molar-refractivity contribution in [1.29, 1.82) is 0 Å². The first-order valence-corrected chi connectivity index (χ1v) is 11.8. The van der Waals surface area contributed by atoms with Gasteiger partial charge in [0.2, 0.25) is 5.91 Å². The molecule has 0 spiro atoms. The molecule has 178 valence electrons. The number of hydrogen-bond acceptors (Lipinski definition) is 5. The third-order valence-electron chi connectivity index (χ3n) is 6.72. The van der Waals surface area contributed by atoms with Crippen LogP contribution in [0.4, 0.5) is 0 Å². The molecule has 0 radical (unpaired) electrons. The molecule has 1 aliphatic carbocycles. The van der Waals surface area contributed by atoms with E-state index in [2.05, 4.69) is 52.4 Å². The lowest BCUT2D eigenvalue weighted by molar-refractivity contribution is -0.123. The number of rotatable bonds is 7. The predicted molar refractivity (Wildman–Crippen MR) is 133 cm³/mol. The van der Waals surface area contributed by atoms with Gasteiger partial charge in [-0.05, 0) is 68.1 Å². The van der Waals surface area contributed by atoms with E-state index < -0.39 is 0 Å². The molecule has 2 N–H and O–H groups in total. The molecule has 0 bridgehead atoms. The maximum absolute atomic E-state index is 12.1. The van der Waals surface area contributed by atoms with Crippen molar-refractivity contribution >= 4 is 22.5 Å². The fourth-order valence-corrected chi connectivity index (χ4v) is 5.06. The first-order valence-electron chi connectivity index (χ1n) is 11.8. The van der Waals surface area contributed by atoms with Crippen molar-refractivity contribution in [3.8, 4) is 17.0 Å². The van der Waals surface area contributed by atoms with Crippen LogP contribution in [0.1, 0.15) is 49.7 Å². The third-order valence-corrected chi connectivity index (χ3v) is 6.72. The normalized spacial score (nSPS) is 18.1. The molecular formula is C26H32N6O2. The number of carbonyl (C=O) groups is 1. The van der Waals surface area contributed by atoms with Crippen LogP contribution in [0.15, 0.2) is 36.8 Å². The van der Waals surface area contributed by atoms with Gasteiger partial charge in [-0.1, -0.05) is 19.9 Å². The molecule has 8 nitrogen and oxygen atoms in total. The van der Waals surface area contributed by atoms with Crippen LogP contribution in [0, 0.1) is 0 Å². The first kappa shape index (κ1) is 22.4. The van der Waals surface area contributed by atoms with E-state index in [-0.39, 0.29) is 11.9 Å². The van der Waals surface area contributed by atoms with E-state index in [9.17, 15) is 4.79 Å². The highest BCUT2D eigenvalue weighted by molar-refractivity contribution is 5.92. The highest BCUT2D eigenvalue weighted by atomic mass is 16.5. The van der Waals surface area contributed by atoms with Crippen molar-refractivity contribution in [2.45, 2.75) is 44.6 Å². The van der Waals surface area contributed by atoms with Gasteiger partial charge in [0.05, 0.1) is 19.3 Å². The zero-order valence-corrected chi connectivity index (χ0v) is 20.4. The lowest BCUT2D eigenvalue weighted by atomic mass is 9.75. The molecule has 0 atom stereocenters. The second-order valence-electron chi connectivity index (χ2n) is 9.87. The number of H-pyrrole nitrogens is 1. The lowest BCUT2D eigenvalue weighted by Gasteiger charge is -2.36. The number of aromatic nitrogens is 4. The van der Waals surface area contributed by atoms with Gasteiger partial charge in [0, 0.05) is 28.7 Å². The topological polar surface area (TPSA) is 87.5 Å². The van der Waals surface area contributed by atoms with E-state index in [1.165, 1.54) is 22.8 Å². The Hall–Kier alpha value is -3.39. The molecule has 3 heterocycles. The Morgan fingerprint density at radius 3 is 2.79 bits per heavy atom. The number of likely N-dealkylation sites (N-methyl/N-ethyl adjacent to an activating group) is 1. The molecular weight excluding hydrogens is 428 g/mol. The van der Waals surface area contributed by atoms with Crippen molar-refractivity contribution in [3.63, 3.8) is 0 Å². The Morgan fingerprint density at radius 2 is 2.09 bits per heavy atom. The summed E-state index contributed by atoms with van der Waals surface area (Å²) in [6.07, 6.45) is 5.50. The number of aromatic amines is 1. The Labute approximate surface area is 199 Å². The minimum Gasteiger partial charge on any atom is -0.493 e. The maximum Gasteiger partial charge on any atom is 0.234 e. The van der Waals surface area contributed by atoms with E-state index in [0.717, 1.165) is 29.6 Å². The standard InChI is InChI=1S/C26H32N6O2/c1-15(2)24-20-10-16(17-8-19(9-17)29-23(33)13-31(3)4)6-7-21(20)30-25(24)18-11-22(34-5)26-27-14-28-32(26)12-18/h6-7,10-12,14-15,17,19,30H,8-9,13H2,1-5H3,(H,29,33). The van der Waals surface area contributed by atoms with Crippen molar-refractivity contribution in [3.05, 3.63) is 47.9 Å². The smallest absolute Gasteiger partial charge is 0.234 e. The summed E-state index contributed by atoms with van der Waals surface area (Å²) < 4.78 is 7.34. The van der Waals surface area contributed by atoms with E-state index >= 15 is 0 Å². The van der Waals surface area contributed by atoms with E-state index in [4.69, 9.17) is 4.74 Å². The van der Waals surface area contributed by atoms with E-state index in [1.54, 1.807) is 11.6 Å². The first-order chi connectivity index (χ1) is 16.3. The summed E-state index contributed by atoms with van der Waals surface area (Å²) in [5, 5.41) is 8.72. The van der Waals surface area contributed by atoms with Crippen LogP contribution in [0.2, 0.25) is 0 Å². The number of pyridine rings is 1. The molecule has 8 heteroatoms. The van der Waals surface area contributed by atoms with Crippen LogP contribution in [0.25, 0.3) is 27.8 Å². The van der Waals surface area contributed by atoms with Crippen LogP contribution in [0.3, 0.4) is 0 Å². The van der Waals surface area contributed by atoms with Gasteiger partial charge in [-0.2, -0.15) is 5.10 Å². The quantitative estimate of drug-likeness (QED) is 0.436. The summed E-state index contributed by atoms with van der Waals surface area (Å²) in [5.41, 5.74) is 6.54. The lowest BCUT2D eigenvalue weighted by Crippen LogP contribution is -2.46. The fourth-order valence-electron chi connectivity index (χ4n) is 5.06. The monoisotopic (exact) mass is 460 g/mol. The molecule has 0 aliphatic heterocycles. The van der Waals surface area contributed by atoms with Gasteiger partial charge >= 0.3 is 0 Å². The summed E-state index contributed by atoms with van der Waals surface area (Å²) in [6.45, 7) is 4.88. The number of hydrogen-bond donors (Lipinski definition) is 2. The van der Waals surface area contributed by atoms with Gasteiger partial charge in [-0.25, -0.2) is 9.50 Å². The number of nitrogens with zero attached hydrogens (tertiary/aromatic N) is 4. The van der Waals surface area contributed by atoms with Gasteiger partial charge in [0.1, 0.15) is 6.33 Å². The zero-order valence-electron chi connectivity index (χ0n) is 20.4. The average molecular weight is 461 g/mol. The van der Waals surface area contributed by atoms with Crippen LogP contribution in [-0.4, -0.2) is 64.2 Å². The number of nitrogens with one attached hydrogen (secondary N) is 2. The van der Waals surface area contributed by atoms with Gasteiger partial charge in [-0.15, -0.1) is 0 Å². The van der Waals surface area contributed by atoms with Crippen molar-refractivity contribution < 1.29 is 9.53 Å². The van der Waals surface area contributed by atoms with Gasteiger partial charge in [-0.3, -0.25) is 4.79 Å². The zero-order chi connectivity index (χ0) is 24.0. The molecule has 34 heavy (non-hydrogen) atoms. The fraction of sp³-hybridized carbons (Fsp3) is 0.423. The van der Waals surface area contributed by atoms with Crippen molar-refractivity contribution in [2.75, 3.05) is 27.7 Å². The molecule has 5 rings (SSSR count). The molecule has 1 aromatic carbocycles. The van der Waals surface area contributed by atoms with E-state index in [1.807, 2.05) is 31.3 Å². The predicted octanol–water partition coefficient (Wildman–Crippen LogP) is 3.93. The Kier molecular flexibility index (Phi) is 5.77. The summed E-state index contributed by atoms with van der Waals surface area (Å²) in [7, 11) is 5.48. The highest BCUT2D eigenvalue weighted by Gasteiger charge is 2.32. The minimum absolute atomic E-state index is 0.0982. The molecule has 1 amide bonds. The summed E-state index contributed by atoms with van der Waals surface area (Å²) in [4.78, 5) is 21.9. The largest absolute Gasteiger partial charge is 0.493 e. The average Bonchev–Trinajstić information content (AvgIpc) is 3.38. The minimum atomic E-state index is 0.0982. The van der Waals surface area contributed by atoms with Crippen molar-refractivity contribution in [2.24, 2.45) is 0 Å². The number of fused-ring (bicyclic) bond motifs is 2. The summed E-state index contributed by atoms with van der Waals surface area (Å²) in [5.74, 6) is 1.59. The molecule has 1 fully saturated rings. The number of benzene rings is 1. The SMILES string of the molecule is COc1cc(-c2[nH]c3ccc(C4CC(NC(=O)CN(C)C)C4)cc3c2C(C)C)cn2ncnc12. The third kappa shape index (κ3) is 4.03. The highest BCUT2D eigenvalue weighted by Crippen LogP contribution is 2.41. The Bertz CT molecular complexity index is 1350. The molecule has 1 saturated carbocycles. The summed E-state index contributed by atoms with van der Waals surface area (Å²) >= 11 is 0. The van der Waals surface area contributed by atoms with Crippen LogP contribution < -0.4 is 10.1 Å². The number of amides is 1. The van der Waals surface area contributed by atoms with Crippen LogP contribution in [0.5, 0.6) is 5.75 Å². The van der Waals surface area contributed by atoms with Gasteiger partial charge in [0.25, 0.3) is 0 Å². The molecule has 0 unspecified atom stereocenters. The molecule has 4 aromatic rings. The second-order valence-corrected chi connectivity index (χ2v) is 9.87. The molecule has 1 aliphatic rings. The maximum atomic E-state index is 12.1. The second kappa shape index (κ2) is 8.76. The molecule has 0 saturated heterocycles. The molecule has 3 aromatic heterocycles. The van der Waals surface area contributed by atoms with Crippen molar-refractivity contribution in [1.82, 2.24) is 29.8 Å². The number of methoxy groups -OCH3 is 1. The summed E-state index contributed by atoms with van der Waals surface area (Å²) in [6, 6.07) is 9.02. The number of ether oxygens (including phenoxy) is 1. The van der Waals surface area contributed by atoms with Crippen LogP contribution >= 0.6 is 0 Å². The number of carbonyl (C=O) groups excluding carboxylic acids is 1.